The van der Waals surface area contributed by atoms with Gasteiger partial charge in [-0.1, -0.05) is 60.7 Å². The summed E-state index contributed by atoms with van der Waals surface area (Å²) >= 11 is 0. The van der Waals surface area contributed by atoms with E-state index in [9.17, 15) is 19.5 Å². The molecule has 2 aromatic carbocycles. The van der Waals surface area contributed by atoms with Crippen LogP contribution in [0.1, 0.15) is 52.7 Å². The molecule has 0 bridgehead atoms. The number of ether oxygens (including phenoxy) is 2. The molecule has 0 radical (unpaired) electrons. The molecule has 38 heavy (non-hydrogen) atoms. The quantitative estimate of drug-likeness (QED) is 0.379. The molecule has 0 saturated heterocycles. The van der Waals surface area contributed by atoms with Crippen molar-refractivity contribution in [1.82, 2.24) is 10.2 Å². The van der Waals surface area contributed by atoms with Gasteiger partial charge < -0.3 is 19.9 Å². The van der Waals surface area contributed by atoms with Gasteiger partial charge in [-0.25, -0.2) is 0 Å². The Balaban J connectivity index is 2.20. The summed E-state index contributed by atoms with van der Waals surface area (Å²) in [6.45, 7) is 11.0. The molecule has 0 aromatic heterocycles. The summed E-state index contributed by atoms with van der Waals surface area (Å²) in [5.74, 6) is -1.94. The van der Waals surface area contributed by atoms with Gasteiger partial charge in [-0.15, -0.1) is 0 Å². The normalized spacial score (nSPS) is 13.6. The summed E-state index contributed by atoms with van der Waals surface area (Å²) in [5.41, 5.74) is 0.462. The zero-order valence-corrected chi connectivity index (χ0v) is 23.4. The Morgan fingerprint density at radius 1 is 0.816 bits per heavy atom. The van der Waals surface area contributed by atoms with Crippen LogP contribution in [0, 0.1) is 0 Å². The Labute approximate surface area is 226 Å². The van der Waals surface area contributed by atoms with Crippen LogP contribution >= 0.6 is 0 Å². The Hall–Kier alpha value is -3.23. The van der Waals surface area contributed by atoms with E-state index in [2.05, 4.69) is 5.32 Å². The van der Waals surface area contributed by atoms with Gasteiger partial charge >= 0.3 is 17.9 Å². The Morgan fingerprint density at radius 2 is 1.32 bits per heavy atom. The van der Waals surface area contributed by atoms with Crippen LogP contribution in [0.25, 0.3) is 0 Å². The highest BCUT2D eigenvalue weighted by Gasteiger charge is 2.30. The predicted molar refractivity (Wildman–Crippen MR) is 147 cm³/mol. The van der Waals surface area contributed by atoms with E-state index in [0.29, 0.717) is 6.42 Å². The fourth-order valence-corrected chi connectivity index (χ4v) is 3.94. The third-order valence-electron chi connectivity index (χ3n) is 5.51. The first kappa shape index (κ1) is 31.0. The molecule has 0 spiro atoms. The topological polar surface area (TPSA) is 105 Å². The molecule has 2 atom stereocenters. The number of carboxylic acid groups (broad SMARTS) is 1. The van der Waals surface area contributed by atoms with Crippen molar-refractivity contribution < 1.29 is 29.0 Å². The fraction of sp³-hybridized carbons (Fsp3) is 0.500. The molecule has 0 aliphatic rings. The van der Waals surface area contributed by atoms with Gasteiger partial charge in [0.05, 0.1) is 6.54 Å². The minimum Gasteiger partial charge on any atom is -0.480 e. The molecule has 1 unspecified atom stereocenters. The average molecular weight is 527 g/mol. The van der Waals surface area contributed by atoms with Crippen LogP contribution in [0.3, 0.4) is 0 Å². The molecule has 0 saturated carbocycles. The average Bonchev–Trinajstić information content (AvgIpc) is 2.80. The zero-order chi connectivity index (χ0) is 28.3. The summed E-state index contributed by atoms with van der Waals surface area (Å²) in [7, 11) is 0. The molecule has 0 aliphatic heterocycles. The van der Waals surface area contributed by atoms with Gasteiger partial charge in [-0.2, -0.15) is 0 Å². The van der Waals surface area contributed by atoms with E-state index >= 15 is 0 Å². The standard InChI is InChI=1S/C30H42N2O6/c1-29(2,3)37-26(33)21-32(25(27(34)35)20-23-15-11-8-12-16-23)18-17-31-24(28(36)38-30(4,5)6)19-22-13-9-7-10-14-22/h7-16,24-25,31H,17-21H2,1-6H3,(H,34,35)/t24?,25-/m0/s1. The number of esters is 2. The monoisotopic (exact) mass is 526 g/mol. The molecule has 0 fully saturated rings. The second-order valence-electron chi connectivity index (χ2n) is 11.3. The second-order valence-corrected chi connectivity index (χ2v) is 11.3. The van der Waals surface area contributed by atoms with Crippen LogP contribution in [0.4, 0.5) is 0 Å². The van der Waals surface area contributed by atoms with Crippen molar-refractivity contribution in [3.8, 4) is 0 Å². The van der Waals surface area contributed by atoms with Crippen LogP contribution in [0.5, 0.6) is 0 Å². The highest BCUT2D eigenvalue weighted by molar-refractivity contribution is 5.77. The highest BCUT2D eigenvalue weighted by Crippen LogP contribution is 2.14. The number of hydrogen-bond donors (Lipinski definition) is 2. The maximum absolute atomic E-state index is 13.0. The number of carboxylic acids is 1. The number of carbonyl (C=O) groups is 3. The molecule has 2 aromatic rings. The van der Waals surface area contributed by atoms with Crippen LogP contribution in [-0.4, -0.2) is 70.8 Å². The van der Waals surface area contributed by atoms with Gasteiger partial charge in [0, 0.05) is 13.1 Å². The van der Waals surface area contributed by atoms with Gasteiger partial charge in [0.15, 0.2) is 0 Å². The Bertz CT molecular complexity index is 1030. The summed E-state index contributed by atoms with van der Waals surface area (Å²) in [6, 6.07) is 17.3. The molecule has 208 valence electrons. The number of nitrogens with zero attached hydrogens (tertiary/aromatic N) is 1. The lowest BCUT2D eigenvalue weighted by atomic mass is 10.0. The maximum atomic E-state index is 13.0. The van der Waals surface area contributed by atoms with E-state index in [1.807, 2.05) is 81.4 Å². The first-order valence-corrected chi connectivity index (χ1v) is 13.0. The van der Waals surface area contributed by atoms with E-state index in [0.717, 1.165) is 11.1 Å². The Kier molecular flexibility index (Phi) is 11.5. The SMILES string of the molecule is CC(C)(C)OC(=O)CN(CCNC(Cc1ccccc1)C(=O)OC(C)(C)C)[C@@H](Cc1ccccc1)C(=O)O. The van der Waals surface area contributed by atoms with Crippen molar-refractivity contribution in [2.75, 3.05) is 19.6 Å². The Morgan fingerprint density at radius 3 is 1.79 bits per heavy atom. The van der Waals surface area contributed by atoms with Gasteiger partial charge in [0.1, 0.15) is 23.3 Å². The van der Waals surface area contributed by atoms with Gasteiger partial charge in [-0.05, 0) is 65.5 Å². The summed E-state index contributed by atoms with van der Waals surface area (Å²) in [5, 5.41) is 13.3. The zero-order valence-electron chi connectivity index (χ0n) is 23.4. The third-order valence-corrected chi connectivity index (χ3v) is 5.51. The smallest absolute Gasteiger partial charge is 0.323 e. The van der Waals surface area contributed by atoms with Crippen molar-refractivity contribution in [3.05, 3.63) is 71.8 Å². The van der Waals surface area contributed by atoms with Crippen molar-refractivity contribution in [2.24, 2.45) is 0 Å². The largest absolute Gasteiger partial charge is 0.480 e. The number of aliphatic carboxylic acids is 1. The van der Waals surface area contributed by atoms with Crippen LogP contribution in [0.2, 0.25) is 0 Å². The lowest BCUT2D eigenvalue weighted by Crippen LogP contribution is -2.51. The minimum atomic E-state index is -1.04. The number of carbonyl (C=O) groups excluding carboxylic acids is 2. The molecule has 8 heteroatoms. The molecule has 0 aliphatic carbocycles. The minimum absolute atomic E-state index is 0.196. The van der Waals surface area contributed by atoms with E-state index in [1.54, 1.807) is 25.7 Å². The van der Waals surface area contributed by atoms with Gasteiger partial charge in [-0.3, -0.25) is 19.3 Å². The molecule has 0 heterocycles. The van der Waals surface area contributed by atoms with Gasteiger partial charge in [0.25, 0.3) is 0 Å². The van der Waals surface area contributed by atoms with E-state index in [1.165, 1.54) is 0 Å². The predicted octanol–water partition coefficient (Wildman–Crippen LogP) is 3.87. The molecule has 0 amide bonds. The molecule has 2 N–H and O–H groups in total. The number of nitrogens with one attached hydrogen (secondary N) is 1. The van der Waals surface area contributed by atoms with E-state index < -0.39 is 35.2 Å². The second kappa shape index (κ2) is 14.1. The molecule has 8 nitrogen and oxygen atoms in total. The van der Waals surface area contributed by atoms with Crippen molar-refractivity contribution in [1.29, 1.82) is 0 Å². The number of rotatable bonds is 13. The van der Waals surface area contributed by atoms with Crippen LogP contribution in [-0.2, 0) is 36.7 Å². The molecular weight excluding hydrogens is 484 g/mol. The van der Waals surface area contributed by atoms with E-state index in [-0.39, 0.29) is 32.0 Å². The third kappa shape index (κ3) is 11.9. The maximum Gasteiger partial charge on any atom is 0.323 e. The van der Waals surface area contributed by atoms with Crippen molar-refractivity contribution >= 4 is 17.9 Å². The molecular formula is C30H42N2O6. The summed E-state index contributed by atoms with van der Waals surface area (Å²) in [6.07, 6.45) is 0.632. The first-order valence-electron chi connectivity index (χ1n) is 13.0. The lowest BCUT2D eigenvalue weighted by Gasteiger charge is -2.30. The molecule has 2 rings (SSSR count). The van der Waals surface area contributed by atoms with Gasteiger partial charge in [0.2, 0.25) is 0 Å². The van der Waals surface area contributed by atoms with Crippen LogP contribution < -0.4 is 5.32 Å². The van der Waals surface area contributed by atoms with Crippen molar-refractivity contribution in [3.63, 3.8) is 0 Å². The number of benzene rings is 2. The summed E-state index contributed by atoms with van der Waals surface area (Å²) < 4.78 is 11.1. The lowest BCUT2D eigenvalue weighted by molar-refractivity contribution is -0.160. The number of hydrogen-bond acceptors (Lipinski definition) is 7. The summed E-state index contributed by atoms with van der Waals surface area (Å²) in [4.78, 5) is 39.6. The van der Waals surface area contributed by atoms with Crippen molar-refractivity contribution in [2.45, 2.75) is 77.7 Å². The van der Waals surface area contributed by atoms with E-state index in [4.69, 9.17) is 9.47 Å². The fourth-order valence-electron chi connectivity index (χ4n) is 3.94. The highest BCUT2D eigenvalue weighted by atomic mass is 16.6. The first-order chi connectivity index (χ1) is 17.7. The van der Waals surface area contributed by atoms with Crippen LogP contribution in [0.15, 0.2) is 60.7 Å².